The molecule has 5 nitrogen and oxygen atoms in total. The summed E-state index contributed by atoms with van der Waals surface area (Å²) in [6.07, 6.45) is 8.37. The summed E-state index contributed by atoms with van der Waals surface area (Å²) in [4.78, 5) is 13.5. The van der Waals surface area contributed by atoms with Gasteiger partial charge in [-0.15, -0.1) is 0 Å². The Kier molecular flexibility index (Phi) is 5.21. The zero-order valence-electron chi connectivity index (χ0n) is 15.2. The molecule has 0 unspecified atom stereocenters. The average molecular weight is 380 g/mol. The fourth-order valence-corrected chi connectivity index (χ4v) is 3.64. The molecule has 27 heavy (non-hydrogen) atoms. The van der Waals surface area contributed by atoms with E-state index in [0.717, 1.165) is 35.3 Å². The highest BCUT2D eigenvalue weighted by atomic mass is 35.5. The molecule has 1 aliphatic rings. The minimum atomic E-state index is 0.438. The number of halogens is 1. The van der Waals surface area contributed by atoms with Crippen molar-refractivity contribution in [3.8, 4) is 11.3 Å². The van der Waals surface area contributed by atoms with Gasteiger partial charge in [-0.3, -0.25) is 4.98 Å². The third-order valence-corrected chi connectivity index (χ3v) is 5.09. The van der Waals surface area contributed by atoms with Crippen molar-refractivity contribution in [3.05, 3.63) is 59.4 Å². The standard InChI is InChI=1S/C21H22ClN5/c1-14-6-7-18(17(22)12-14)25-20-13-19(15-8-10-23-11-9-15)26-21(27-20)24-16-4-2-3-5-16/h6-13,16H,2-5H2,1H3,(H2,24,25,26,27). The Morgan fingerprint density at radius 3 is 2.52 bits per heavy atom. The molecular formula is C21H22ClN5. The summed E-state index contributed by atoms with van der Waals surface area (Å²) in [6, 6.07) is 12.2. The van der Waals surface area contributed by atoms with Crippen LogP contribution in [0.25, 0.3) is 11.3 Å². The average Bonchev–Trinajstić information content (AvgIpc) is 3.18. The number of nitrogens with zero attached hydrogens (tertiary/aromatic N) is 3. The van der Waals surface area contributed by atoms with Crippen LogP contribution in [0.3, 0.4) is 0 Å². The predicted octanol–water partition coefficient (Wildman–Crippen LogP) is 5.60. The maximum Gasteiger partial charge on any atom is 0.225 e. The van der Waals surface area contributed by atoms with E-state index in [1.165, 1.54) is 12.8 Å². The highest BCUT2D eigenvalue weighted by molar-refractivity contribution is 6.33. The van der Waals surface area contributed by atoms with Crippen LogP contribution in [0.15, 0.2) is 48.8 Å². The van der Waals surface area contributed by atoms with Crippen molar-refractivity contribution in [3.63, 3.8) is 0 Å². The van der Waals surface area contributed by atoms with Crippen LogP contribution in [0.4, 0.5) is 17.5 Å². The summed E-state index contributed by atoms with van der Waals surface area (Å²) >= 11 is 6.38. The molecule has 0 aliphatic heterocycles. The van der Waals surface area contributed by atoms with Gasteiger partial charge in [-0.25, -0.2) is 4.98 Å². The lowest BCUT2D eigenvalue weighted by Crippen LogP contribution is -2.17. The number of hydrogen-bond donors (Lipinski definition) is 2. The quantitative estimate of drug-likeness (QED) is 0.604. The molecule has 2 N–H and O–H groups in total. The molecule has 1 saturated carbocycles. The largest absolute Gasteiger partial charge is 0.351 e. The number of pyridine rings is 1. The molecule has 1 fully saturated rings. The lowest BCUT2D eigenvalue weighted by Gasteiger charge is -2.15. The van der Waals surface area contributed by atoms with Crippen LogP contribution in [0.1, 0.15) is 31.2 Å². The van der Waals surface area contributed by atoms with E-state index in [2.05, 4.69) is 20.6 Å². The van der Waals surface area contributed by atoms with Gasteiger partial charge in [0, 0.05) is 30.1 Å². The highest BCUT2D eigenvalue weighted by Gasteiger charge is 2.17. The minimum absolute atomic E-state index is 0.438. The fourth-order valence-electron chi connectivity index (χ4n) is 3.36. The Morgan fingerprint density at radius 1 is 1.00 bits per heavy atom. The first kappa shape index (κ1) is 17.7. The maximum absolute atomic E-state index is 6.38. The SMILES string of the molecule is Cc1ccc(Nc2cc(-c3ccncc3)nc(NC3CCCC3)n2)c(Cl)c1. The van der Waals surface area contributed by atoms with Gasteiger partial charge in [0.15, 0.2) is 0 Å². The first-order chi connectivity index (χ1) is 13.2. The van der Waals surface area contributed by atoms with Gasteiger partial charge in [0.25, 0.3) is 0 Å². The molecule has 2 heterocycles. The van der Waals surface area contributed by atoms with Crippen molar-refractivity contribution in [1.29, 1.82) is 0 Å². The third kappa shape index (κ3) is 4.37. The zero-order valence-corrected chi connectivity index (χ0v) is 16.0. The van der Waals surface area contributed by atoms with Gasteiger partial charge in [0.1, 0.15) is 5.82 Å². The van der Waals surface area contributed by atoms with Gasteiger partial charge in [0.05, 0.1) is 16.4 Å². The van der Waals surface area contributed by atoms with E-state index in [1.54, 1.807) is 12.4 Å². The van der Waals surface area contributed by atoms with Crippen LogP contribution < -0.4 is 10.6 Å². The van der Waals surface area contributed by atoms with Crippen molar-refractivity contribution >= 4 is 29.1 Å². The summed E-state index contributed by atoms with van der Waals surface area (Å²) < 4.78 is 0. The number of anilines is 3. The second-order valence-electron chi connectivity index (χ2n) is 6.93. The smallest absolute Gasteiger partial charge is 0.225 e. The van der Waals surface area contributed by atoms with Crippen LogP contribution in [-0.4, -0.2) is 21.0 Å². The summed E-state index contributed by atoms with van der Waals surface area (Å²) in [6.45, 7) is 2.02. The number of hydrogen-bond acceptors (Lipinski definition) is 5. The normalized spacial score (nSPS) is 14.3. The molecular weight excluding hydrogens is 358 g/mol. The van der Waals surface area contributed by atoms with Crippen LogP contribution >= 0.6 is 11.6 Å². The van der Waals surface area contributed by atoms with Crippen molar-refractivity contribution in [2.45, 2.75) is 38.6 Å². The van der Waals surface area contributed by atoms with Crippen LogP contribution in [0.2, 0.25) is 5.02 Å². The van der Waals surface area contributed by atoms with Gasteiger partial charge in [-0.05, 0) is 49.6 Å². The van der Waals surface area contributed by atoms with Gasteiger partial charge in [0.2, 0.25) is 5.95 Å². The van der Waals surface area contributed by atoms with Crippen LogP contribution in [0.5, 0.6) is 0 Å². The monoisotopic (exact) mass is 379 g/mol. The Morgan fingerprint density at radius 2 is 1.78 bits per heavy atom. The second-order valence-corrected chi connectivity index (χ2v) is 7.34. The maximum atomic E-state index is 6.38. The predicted molar refractivity (Wildman–Crippen MR) is 111 cm³/mol. The van der Waals surface area contributed by atoms with Gasteiger partial charge in [-0.1, -0.05) is 30.5 Å². The van der Waals surface area contributed by atoms with Crippen molar-refractivity contribution in [2.75, 3.05) is 10.6 Å². The fraction of sp³-hybridized carbons (Fsp3) is 0.286. The number of aromatic nitrogens is 3. The molecule has 0 radical (unpaired) electrons. The molecule has 0 atom stereocenters. The van der Waals surface area contributed by atoms with E-state index < -0.39 is 0 Å². The zero-order chi connectivity index (χ0) is 18.6. The van der Waals surface area contributed by atoms with E-state index in [1.807, 2.05) is 43.3 Å². The summed E-state index contributed by atoms with van der Waals surface area (Å²) in [5, 5.41) is 7.50. The Bertz CT molecular complexity index is 923. The third-order valence-electron chi connectivity index (χ3n) is 4.78. The van der Waals surface area contributed by atoms with E-state index in [4.69, 9.17) is 16.6 Å². The van der Waals surface area contributed by atoms with Crippen molar-refractivity contribution in [2.24, 2.45) is 0 Å². The highest BCUT2D eigenvalue weighted by Crippen LogP contribution is 2.29. The van der Waals surface area contributed by atoms with Crippen LogP contribution in [-0.2, 0) is 0 Å². The summed E-state index contributed by atoms with van der Waals surface area (Å²) in [7, 11) is 0. The lowest BCUT2D eigenvalue weighted by atomic mass is 10.2. The van der Waals surface area contributed by atoms with E-state index >= 15 is 0 Å². The lowest BCUT2D eigenvalue weighted by molar-refractivity contribution is 0.744. The Labute approximate surface area is 164 Å². The minimum Gasteiger partial charge on any atom is -0.351 e. The molecule has 0 spiro atoms. The number of benzene rings is 1. The molecule has 0 saturated heterocycles. The van der Waals surface area contributed by atoms with Crippen LogP contribution in [0, 0.1) is 6.92 Å². The second kappa shape index (κ2) is 7.92. The summed E-state index contributed by atoms with van der Waals surface area (Å²) in [5.74, 6) is 1.35. The van der Waals surface area contributed by atoms with Crippen molar-refractivity contribution < 1.29 is 0 Å². The van der Waals surface area contributed by atoms with E-state index in [0.29, 0.717) is 22.8 Å². The molecule has 1 aromatic carbocycles. The topological polar surface area (TPSA) is 62.7 Å². The molecule has 0 bridgehead atoms. The van der Waals surface area contributed by atoms with E-state index in [-0.39, 0.29) is 0 Å². The first-order valence-electron chi connectivity index (χ1n) is 9.26. The summed E-state index contributed by atoms with van der Waals surface area (Å²) in [5.41, 5.74) is 3.79. The van der Waals surface area contributed by atoms with Gasteiger partial charge >= 0.3 is 0 Å². The van der Waals surface area contributed by atoms with Gasteiger partial charge < -0.3 is 10.6 Å². The van der Waals surface area contributed by atoms with Crippen molar-refractivity contribution in [1.82, 2.24) is 15.0 Å². The molecule has 2 aromatic heterocycles. The van der Waals surface area contributed by atoms with E-state index in [9.17, 15) is 0 Å². The molecule has 4 rings (SSSR count). The number of rotatable bonds is 5. The molecule has 1 aliphatic carbocycles. The first-order valence-corrected chi connectivity index (χ1v) is 9.64. The Balaban J connectivity index is 1.68. The molecule has 3 aromatic rings. The number of aryl methyl sites for hydroxylation is 1. The number of nitrogens with one attached hydrogen (secondary N) is 2. The van der Waals surface area contributed by atoms with Gasteiger partial charge in [-0.2, -0.15) is 4.98 Å². The Hall–Kier alpha value is -2.66. The molecule has 138 valence electrons. The molecule has 0 amide bonds. The molecule has 6 heteroatoms.